The largest absolute Gasteiger partial charge is 0.469 e. The van der Waals surface area contributed by atoms with Crippen LogP contribution in [0.25, 0.3) is 0 Å². The van der Waals surface area contributed by atoms with Crippen LogP contribution in [0.2, 0.25) is 0 Å². The molecule has 0 saturated heterocycles. The highest BCUT2D eigenvalue weighted by molar-refractivity contribution is 5.73. The average Bonchev–Trinajstić information content (AvgIpc) is 1.80. The van der Waals surface area contributed by atoms with Crippen molar-refractivity contribution in [2.24, 2.45) is 11.8 Å². The van der Waals surface area contributed by atoms with Gasteiger partial charge in [-0.3, -0.25) is 4.79 Å². The number of halogens is 3. The second kappa shape index (κ2) is 2.95. The molecule has 0 aliphatic heterocycles. The molecular formula is C7H9F3O2. The van der Waals surface area contributed by atoms with E-state index in [9.17, 15) is 18.0 Å². The number of esters is 1. The molecule has 1 saturated carbocycles. The van der Waals surface area contributed by atoms with Crippen molar-refractivity contribution < 1.29 is 22.7 Å². The molecule has 2 nitrogen and oxygen atoms in total. The van der Waals surface area contributed by atoms with Crippen LogP contribution in [-0.2, 0) is 9.53 Å². The lowest BCUT2D eigenvalue weighted by Gasteiger charge is -2.35. The predicted octanol–water partition coefficient (Wildman–Crippen LogP) is 1.75. The lowest BCUT2D eigenvalue weighted by Crippen LogP contribution is -2.42. The normalized spacial score (nSPS) is 29.3. The Morgan fingerprint density at radius 1 is 1.42 bits per heavy atom. The number of hydrogen-bond donors (Lipinski definition) is 0. The van der Waals surface area contributed by atoms with Gasteiger partial charge in [0.05, 0.1) is 18.9 Å². The van der Waals surface area contributed by atoms with Gasteiger partial charge in [0.15, 0.2) is 0 Å². The Morgan fingerprint density at radius 3 is 2.25 bits per heavy atom. The van der Waals surface area contributed by atoms with Crippen LogP contribution in [0.4, 0.5) is 13.2 Å². The van der Waals surface area contributed by atoms with Crippen molar-refractivity contribution in [1.82, 2.24) is 0 Å². The first kappa shape index (κ1) is 9.35. The van der Waals surface area contributed by atoms with E-state index in [4.69, 9.17) is 0 Å². The molecule has 2 atom stereocenters. The zero-order chi connectivity index (χ0) is 9.35. The monoisotopic (exact) mass is 182 g/mol. The molecule has 1 fully saturated rings. The first-order valence-corrected chi connectivity index (χ1v) is 3.61. The second-order valence-corrected chi connectivity index (χ2v) is 2.86. The van der Waals surface area contributed by atoms with Crippen LogP contribution in [-0.4, -0.2) is 19.3 Å². The predicted molar refractivity (Wildman–Crippen MR) is 34.3 cm³/mol. The van der Waals surface area contributed by atoms with Crippen molar-refractivity contribution in [2.75, 3.05) is 7.11 Å². The van der Waals surface area contributed by atoms with E-state index in [1.54, 1.807) is 0 Å². The molecule has 1 aliphatic rings. The lowest BCUT2D eigenvalue weighted by molar-refractivity contribution is -0.219. The van der Waals surface area contributed by atoms with E-state index >= 15 is 0 Å². The molecule has 2 unspecified atom stereocenters. The highest BCUT2D eigenvalue weighted by Crippen LogP contribution is 2.45. The van der Waals surface area contributed by atoms with Gasteiger partial charge in [0.2, 0.25) is 0 Å². The molecule has 0 radical (unpaired) electrons. The minimum atomic E-state index is -4.25. The quantitative estimate of drug-likeness (QED) is 0.577. The summed E-state index contributed by atoms with van der Waals surface area (Å²) in [5.74, 6) is -3.19. The molecular weight excluding hydrogens is 173 g/mol. The van der Waals surface area contributed by atoms with E-state index in [1.165, 1.54) is 0 Å². The topological polar surface area (TPSA) is 26.3 Å². The van der Waals surface area contributed by atoms with Gasteiger partial charge < -0.3 is 4.74 Å². The minimum Gasteiger partial charge on any atom is -0.469 e. The molecule has 1 rings (SSSR count). The van der Waals surface area contributed by atoms with Gasteiger partial charge in [0.25, 0.3) is 0 Å². The molecule has 0 spiro atoms. The third-order valence-electron chi connectivity index (χ3n) is 2.20. The van der Waals surface area contributed by atoms with E-state index in [0.29, 0.717) is 0 Å². The number of ether oxygens (including phenoxy) is 1. The zero-order valence-corrected chi connectivity index (χ0v) is 6.52. The van der Waals surface area contributed by atoms with Gasteiger partial charge in [-0.15, -0.1) is 0 Å². The summed E-state index contributed by atoms with van der Waals surface area (Å²) in [5.41, 5.74) is 0. The van der Waals surface area contributed by atoms with Crippen LogP contribution in [0, 0.1) is 11.8 Å². The van der Waals surface area contributed by atoms with Crippen LogP contribution in [0.5, 0.6) is 0 Å². The fraction of sp³-hybridized carbons (Fsp3) is 0.857. The van der Waals surface area contributed by atoms with Crippen molar-refractivity contribution in [3.63, 3.8) is 0 Å². The lowest BCUT2D eigenvalue weighted by atomic mass is 9.73. The third kappa shape index (κ3) is 1.54. The first-order chi connectivity index (χ1) is 5.46. The maximum atomic E-state index is 12.0. The molecule has 0 bridgehead atoms. The molecule has 1 aliphatic carbocycles. The highest BCUT2D eigenvalue weighted by Gasteiger charge is 2.53. The summed E-state index contributed by atoms with van der Waals surface area (Å²) in [6.07, 6.45) is -3.92. The Labute approximate surface area is 67.7 Å². The molecule has 70 valence electrons. The van der Waals surface area contributed by atoms with Crippen molar-refractivity contribution in [2.45, 2.75) is 19.0 Å². The van der Waals surface area contributed by atoms with Crippen molar-refractivity contribution in [3.05, 3.63) is 0 Å². The third-order valence-corrected chi connectivity index (χ3v) is 2.20. The van der Waals surface area contributed by atoms with Gasteiger partial charge in [-0.2, -0.15) is 13.2 Å². The van der Waals surface area contributed by atoms with Crippen LogP contribution in [0.3, 0.4) is 0 Å². The zero-order valence-electron chi connectivity index (χ0n) is 6.52. The van der Waals surface area contributed by atoms with E-state index in [1.807, 2.05) is 0 Å². The smallest absolute Gasteiger partial charge is 0.392 e. The summed E-state index contributed by atoms with van der Waals surface area (Å²) >= 11 is 0. The Hall–Kier alpha value is -0.740. The van der Waals surface area contributed by atoms with E-state index < -0.39 is 24.0 Å². The molecule has 5 heteroatoms. The summed E-state index contributed by atoms with van der Waals surface area (Å²) in [6, 6.07) is 0. The Balaban J connectivity index is 2.55. The second-order valence-electron chi connectivity index (χ2n) is 2.86. The first-order valence-electron chi connectivity index (χ1n) is 3.61. The number of alkyl halides is 3. The Bertz CT molecular complexity index is 188. The highest BCUT2D eigenvalue weighted by atomic mass is 19.4. The van der Waals surface area contributed by atoms with E-state index in [2.05, 4.69) is 4.74 Å². The minimum absolute atomic E-state index is 0.0449. The molecule has 0 aromatic heterocycles. The fourth-order valence-corrected chi connectivity index (χ4v) is 1.33. The van der Waals surface area contributed by atoms with Gasteiger partial charge in [0, 0.05) is 0 Å². The van der Waals surface area contributed by atoms with Gasteiger partial charge in [0.1, 0.15) is 0 Å². The molecule has 0 aromatic rings. The Kier molecular flexibility index (Phi) is 2.30. The summed E-state index contributed by atoms with van der Waals surface area (Å²) in [6.45, 7) is 0. The SMILES string of the molecule is COC(=O)C1CCC1C(F)(F)F. The van der Waals surface area contributed by atoms with E-state index in [-0.39, 0.29) is 12.8 Å². The van der Waals surface area contributed by atoms with E-state index in [0.717, 1.165) is 7.11 Å². The van der Waals surface area contributed by atoms with Crippen LogP contribution in [0.15, 0.2) is 0 Å². The molecule has 0 heterocycles. The molecule has 12 heavy (non-hydrogen) atoms. The van der Waals surface area contributed by atoms with Gasteiger partial charge in [-0.25, -0.2) is 0 Å². The molecule has 0 amide bonds. The molecule has 0 aromatic carbocycles. The number of carbonyl (C=O) groups excluding carboxylic acids is 1. The number of methoxy groups -OCH3 is 1. The van der Waals surface area contributed by atoms with Crippen LogP contribution in [0.1, 0.15) is 12.8 Å². The van der Waals surface area contributed by atoms with Gasteiger partial charge >= 0.3 is 12.1 Å². The maximum absolute atomic E-state index is 12.0. The summed E-state index contributed by atoms with van der Waals surface area (Å²) in [5, 5.41) is 0. The van der Waals surface area contributed by atoms with Crippen molar-refractivity contribution in [3.8, 4) is 0 Å². The Morgan fingerprint density at radius 2 is 2.00 bits per heavy atom. The van der Waals surface area contributed by atoms with Crippen molar-refractivity contribution >= 4 is 5.97 Å². The average molecular weight is 182 g/mol. The number of hydrogen-bond acceptors (Lipinski definition) is 2. The van der Waals surface area contributed by atoms with Crippen molar-refractivity contribution in [1.29, 1.82) is 0 Å². The standard InChI is InChI=1S/C7H9F3O2/c1-12-6(11)4-2-3-5(4)7(8,9)10/h4-5H,2-3H2,1H3. The summed E-state index contributed by atoms with van der Waals surface area (Å²) in [4.78, 5) is 10.7. The van der Waals surface area contributed by atoms with Gasteiger partial charge in [-0.1, -0.05) is 0 Å². The fourth-order valence-electron chi connectivity index (χ4n) is 1.33. The molecule has 0 N–H and O–H groups in total. The number of rotatable bonds is 1. The summed E-state index contributed by atoms with van der Waals surface area (Å²) in [7, 11) is 1.11. The van der Waals surface area contributed by atoms with Crippen LogP contribution < -0.4 is 0 Å². The van der Waals surface area contributed by atoms with Crippen LogP contribution >= 0.6 is 0 Å². The van der Waals surface area contributed by atoms with Gasteiger partial charge in [-0.05, 0) is 12.8 Å². The maximum Gasteiger partial charge on any atom is 0.392 e. The summed E-state index contributed by atoms with van der Waals surface area (Å²) < 4.78 is 40.4. The number of carbonyl (C=O) groups is 1.